The van der Waals surface area contributed by atoms with E-state index < -0.39 is 0 Å². The van der Waals surface area contributed by atoms with Crippen LogP contribution in [0.3, 0.4) is 0 Å². The third kappa shape index (κ3) is 1.48. The Hall–Kier alpha value is -0.570. The lowest BCUT2D eigenvalue weighted by atomic mass is 10.4. The van der Waals surface area contributed by atoms with Gasteiger partial charge in [-0.25, -0.2) is 0 Å². The monoisotopic (exact) mass is 142 g/mol. The maximum Gasteiger partial charge on any atom is 0.244 e. The predicted octanol–water partition coefficient (Wildman–Crippen LogP) is -0.631. The first-order valence-electron chi connectivity index (χ1n) is 3.93. The molecule has 0 amide bonds. The number of nitrogens with two attached hydrogens (primary N) is 1. The summed E-state index contributed by atoms with van der Waals surface area (Å²) in [4.78, 5) is 0. The summed E-state index contributed by atoms with van der Waals surface area (Å²) >= 11 is 0. The standard InChI is InChI=1S/C7H15N3/c1-2-7-9-4-6-10(7)5-3-8/h2-6,8H2,1H3/p+1. The minimum Gasteiger partial charge on any atom is -0.327 e. The molecule has 3 nitrogen and oxygen atoms in total. The molecular weight excluding hydrogens is 126 g/mol. The largest absolute Gasteiger partial charge is 0.327 e. The number of nitrogens with zero attached hydrogens (tertiary/aromatic N) is 1. The third-order valence-corrected chi connectivity index (χ3v) is 1.83. The van der Waals surface area contributed by atoms with Crippen molar-refractivity contribution in [2.45, 2.75) is 13.3 Å². The molecule has 0 saturated carbocycles. The van der Waals surface area contributed by atoms with Crippen molar-refractivity contribution in [1.82, 2.24) is 5.32 Å². The summed E-state index contributed by atoms with van der Waals surface area (Å²) in [5.74, 6) is 1.35. The minimum absolute atomic E-state index is 0.755. The van der Waals surface area contributed by atoms with Crippen molar-refractivity contribution < 1.29 is 4.58 Å². The molecule has 1 aliphatic heterocycles. The second kappa shape index (κ2) is 3.56. The minimum atomic E-state index is 0.755. The highest BCUT2D eigenvalue weighted by Gasteiger charge is 2.16. The van der Waals surface area contributed by atoms with Crippen molar-refractivity contribution in [3.63, 3.8) is 0 Å². The molecule has 3 heteroatoms. The average molecular weight is 142 g/mol. The van der Waals surface area contributed by atoms with E-state index in [9.17, 15) is 0 Å². The highest BCUT2D eigenvalue weighted by molar-refractivity contribution is 5.77. The van der Waals surface area contributed by atoms with Crippen molar-refractivity contribution in [2.24, 2.45) is 5.73 Å². The molecule has 0 aromatic carbocycles. The van der Waals surface area contributed by atoms with Crippen LogP contribution in [0.2, 0.25) is 0 Å². The Labute approximate surface area is 61.9 Å². The van der Waals surface area contributed by atoms with Crippen molar-refractivity contribution in [3.8, 4) is 0 Å². The summed E-state index contributed by atoms with van der Waals surface area (Å²) in [5.41, 5.74) is 5.44. The summed E-state index contributed by atoms with van der Waals surface area (Å²) in [7, 11) is 0. The second-order valence-electron chi connectivity index (χ2n) is 2.50. The lowest BCUT2D eigenvalue weighted by Gasteiger charge is -1.98. The Kier molecular flexibility index (Phi) is 2.68. The smallest absolute Gasteiger partial charge is 0.244 e. The molecule has 0 aromatic heterocycles. The molecule has 1 rings (SSSR count). The van der Waals surface area contributed by atoms with Gasteiger partial charge in [-0.3, -0.25) is 9.89 Å². The molecule has 0 radical (unpaired) electrons. The van der Waals surface area contributed by atoms with Gasteiger partial charge in [0.2, 0.25) is 5.84 Å². The van der Waals surface area contributed by atoms with Crippen LogP contribution in [0.25, 0.3) is 0 Å². The topological polar surface area (TPSA) is 41.1 Å². The van der Waals surface area contributed by atoms with E-state index in [2.05, 4.69) is 16.8 Å². The normalized spacial score (nSPS) is 17.8. The predicted molar refractivity (Wildman–Crippen MR) is 42.3 cm³/mol. The molecular formula is C7H16N3+. The Balaban J connectivity index is 2.50. The van der Waals surface area contributed by atoms with Crippen LogP contribution in [0.15, 0.2) is 0 Å². The zero-order valence-electron chi connectivity index (χ0n) is 6.56. The van der Waals surface area contributed by atoms with Crippen LogP contribution in [-0.4, -0.2) is 36.6 Å². The van der Waals surface area contributed by atoms with Gasteiger partial charge >= 0.3 is 0 Å². The van der Waals surface area contributed by atoms with Gasteiger partial charge in [0.05, 0.1) is 6.54 Å². The third-order valence-electron chi connectivity index (χ3n) is 1.83. The number of amidine groups is 1. The lowest BCUT2D eigenvalue weighted by molar-refractivity contribution is -0.516. The first-order valence-corrected chi connectivity index (χ1v) is 3.93. The molecule has 0 saturated heterocycles. The Morgan fingerprint density at radius 3 is 3.10 bits per heavy atom. The molecule has 0 atom stereocenters. The zero-order chi connectivity index (χ0) is 7.40. The molecule has 0 aliphatic carbocycles. The summed E-state index contributed by atoms with van der Waals surface area (Å²) in [6, 6.07) is 0. The molecule has 0 fully saturated rings. The molecule has 0 spiro atoms. The summed E-state index contributed by atoms with van der Waals surface area (Å²) in [6.07, 6.45) is 1.10. The number of rotatable bonds is 3. The van der Waals surface area contributed by atoms with Gasteiger partial charge in [-0.1, -0.05) is 6.92 Å². The molecule has 0 aromatic rings. The van der Waals surface area contributed by atoms with E-state index in [-0.39, 0.29) is 0 Å². The van der Waals surface area contributed by atoms with E-state index in [0.29, 0.717) is 0 Å². The van der Waals surface area contributed by atoms with Gasteiger partial charge in [0.25, 0.3) is 0 Å². The van der Waals surface area contributed by atoms with E-state index in [1.807, 2.05) is 0 Å². The fourth-order valence-electron chi connectivity index (χ4n) is 1.33. The van der Waals surface area contributed by atoms with Crippen molar-refractivity contribution >= 4 is 5.84 Å². The van der Waals surface area contributed by atoms with Crippen molar-refractivity contribution in [2.75, 3.05) is 26.2 Å². The van der Waals surface area contributed by atoms with Crippen LogP contribution in [0, 0.1) is 0 Å². The molecule has 58 valence electrons. The molecule has 1 aliphatic rings. The van der Waals surface area contributed by atoms with Gasteiger partial charge in [-0.2, -0.15) is 0 Å². The Bertz CT molecular complexity index is 140. The van der Waals surface area contributed by atoms with Crippen molar-refractivity contribution in [1.29, 1.82) is 0 Å². The maximum absolute atomic E-state index is 5.44. The van der Waals surface area contributed by atoms with Crippen LogP contribution < -0.4 is 11.1 Å². The Morgan fingerprint density at radius 1 is 1.70 bits per heavy atom. The van der Waals surface area contributed by atoms with Gasteiger partial charge in [-0.15, -0.1) is 0 Å². The SMILES string of the molecule is CCC1=[N+](CCN)CCN1. The molecule has 0 bridgehead atoms. The fraction of sp³-hybridized carbons (Fsp3) is 0.857. The number of nitrogens with one attached hydrogen (secondary N) is 1. The van der Waals surface area contributed by atoms with Gasteiger partial charge in [0, 0.05) is 13.0 Å². The van der Waals surface area contributed by atoms with E-state index >= 15 is 0 Å². The average Bonchev–Trinajstić information content (AvgIpc) is 2.36. The zero-order valence-corrected chi connectivity index (χ0v) is 6.56. The van der Waals surface area contributed by atoms with Crippen LogP contribution in [0.5, 0.6) is 0 Å². The molecule has 1 heterocycles. The van der Waals surface area contributed by atoms with Gasteiger partial charge in [0.15, 0.2) is 0 Å². The second-order valence-corrected chi connectivity index (χ2v) is 2.50. The van der Waals surface area contributed by atoms with Gasteiger partial charge in [0.1, 0.15) is 13.1 Å². The van der Waals surface area contributed by atoms with Crippen LogP contribution in [-0.2, 0) is 0 Å². The highest BCUT2D eigenvalue weighted by atomic mass is 15.2. The number of hydrogen-bond donors (Lipinski definition) is 2. The molecule has 0 unspecified atom stereocenters. The lowest BCUT2D eigenvalue weighted by Crippen LogP contribution is -2.25. The van der Waals surface area contributed by atoms with E-state index in [1.54, 1.807) is 0 Å². The van der Waals surface area contributed by atoms with Crippen molar-refractivity contribution in [3.05, 3.63) is 0 Å². The highest BCUT2D eigenvalue weighted by Crippen LogP contribution is 1.89. The van der Waals surface area contributed by atoms with E-state index in [1.165, 1.54) is 5.84 Å². The quantitative estimate of drug-likeness (QED) is 0.515. The first-order chi connectivity index (χ1) is 4.88. The molecule has 10 heavy (non-hydrogen) atoms. The summed E-state index contributed by atoms with van der Waals surface area (Å²) in [6.45, 7) is 6.13. The van der Waals surface area contributed by atoms with E-state index in [4.69, 9.17) is 5.73 Å². The summed E-state index contributed by atoms with van der Waals surface area (Å²) < 4.78 is 2.32. The number of hydrogen-bond acceptors (Lipinski definition) is 2. The first kappa shape index (κ1) is 7.54. The molecule has 3 N–H and O–H groups in total. The maximum atomic E-state index is 5.44. The van der Waals surface area contributed by atoms with Crippen LogP contribution in [0.1, 0.15) is 13.3 Å². The van der Waals surface area contributed by atoms with Gasteiger partial charge < -0.3 is 5.73 Å². The van der Waals surface area contributed by atoms with Crippen LogP contribution in [0.4, 0.5) is 0 Å². The van der Waals surface area contributed by atoms with E-state index in [0.717, 1.165) is 32.6 Å². The summed E-state index contributed by atoms with van der Waals surface area (Å²) in [5, 5.41) is 3.33. The van der Waals surface area contributed by atoms with Crippen LogP contribution >= 0.6 is 0 Å². The Morgan fingerprint density at radius 2 is 2.50 bits per heavy atom. The van der Waals surface area contributed by atoms with Gasteiger partial charge in [-0.05, 0) is 0 Å². The fourth-order valence-corrected chi connectivity index (χ4v) is 1.33.